The second-order valence-electron chi connectivity index (χ2n) is 4.50. The van der Waals surface area contributed by atoms with Crippen molar-refractivity contribution in [3.63, 3.8) is 0 Å². The standard InChI is InChI=1S/C12H12FN3O3S.C2H6/c13-10-2-1-8(16(17)18)5-9(10)11(19-15)6-20-12(7-14)3-4-12;1-2/h1-2,5,11H,3-4,6,15H2;1-2H3. The lowest BCUT2D eigenvalue weighted by molar-refractivity contribution is -0.385. The number of halogens is 1. The van der Waals surface area contributed by atoms with Crippen molar-refractivity contribution in [2.24, 2.45) is 5.90 Å². The van der Waals surface area contributed by atoms with E-state index in [-0.39, 0.29) is 17.0 Å². The van der Waals surface area contributed by atoms with Crippen molar-refractivity contribution in [1.82, 2.24) is 0 Å². The maximum absolute atomic E-state index is 13.8. The molecule has 1 aromatic rings. The van der Waals surface area contributed by atoms with Crippen molar-refractivity contribution in [1.29, 1.82) is 5.26 Å². The fourth-order valence-corrected chi connectivity index (χ4v) is 2.91. The summed E-state index contributed by atoms with van der Waals surface area (Å²) in [5.41, 5.74) is -0.196. The smallest absolute Gasteiger partial charge is 0.270 e. The largest absolute Gasteiger partial charge is 0.296 e. The summed E-state index contributed by atoms with van der Waals surface area (Å²) in [6, 6.07) is 5.40. The van der Waals surface area contributed by atoms with Crippen molar-refractivity contribution in [2.45, 2.75) is 37.5 Å². The molecule has 2 N–H and O–H groups in total. The number of hydrogen-bond acceptors (Lipinski definition) is 6. The van der Waals surface area contributed by atoms with E-state index >= 15 is 0 Å². The molecule has 120 valence electrons. The molecule has 0 amide bonds. The number of rotatable bonds is 6. The van der Waals surface area contributed by atoms with Crippen LogP contribution >= 0.6 is 11.8 Å². The van der Waals surface area contributed by atoms with E-state index in [1.807, 2.05) is 13.8 Å². The van der Waals surface area contributed by atoms with Crippen LogP contribution in [-0.2, 0) is 4.84 Å². The van der Waals surface area contributed by atoms with Crippen molar-refractivity contribution >= 4 is 17.4 Å². The van der Waals surface area contributed by atoms with Crippen molar-refractivity contribution in [3.05, 3.63) is 39.7 Å². The van der Waals surface area contributed by atoms with Gasteiger partial charge in [-0.3, -0.25) is 15.0 Å². The van der Waals surface area contributed by atoms with Crippen LogP contribution in [0.1, 0.15) is 38.4 Å². The first-order chi connectivity index (χ1) is 10.5. The van der Waals surface area contributed by atoms with Gasteiger partial charge in [-0.15, -0.1) is 11.8 Å². The summed E-state index contributed by atoms with van der Waals surface area (Å²) in [5.74, 6) is 4.81. The zero-order valence-corrected chi connectivity index (χ0v) is 13.2. The van der Waals surface area contributed by atoms with E-state index in [1.165, 1.54) is 11.8 Å². The van der Waals surface area contributed by atoms with Gasteiger partial charge in [0.1, 0.15) is 16.7 Å². The molecule has 1 aliphatic rings. The highest BCUT2D eigenvalue weighted by atomic mass is 32.2. The van der Waals surface area contributed by atoms with Gasteiger partial charge in [0.15, 0.2) is 0 Å². The Morgan fingerprint density at radius 3 is 2.68 bits per heavy atom. The van der Waals surface area contributed by atoms with E-state index < -0.39 is 21.6 Å². The van der Waals surface area contributed by atoms with Crippen LogP contribution in [0.2, 0.25) is 0 Å². The van der Waals surface area contributed by atoms with E-state index in [0.29, 0.717) is 0 Å². The molecule has 1 unspecified atom stereocenters. The molecule has 0 aliphatic heterocycles. The summed E-state index contributed by atoms with van der Waals surface area (Å²) >= 11 is 1.34. The average Bonchev–Trinajstić information content (AvgIpc) is 3.31. The normalized spacial score (nSPS) is 16.0. The molecule has 2 rings (SSSR count). The Bertz CT molecular complexity index is 573. The molecule has 1 aliphatic carbocycles. The van der Waals surface area contributed by atoms with E-state index in [4.69, 9.17) is 16.0 Å². The van der Waals surface area contributed by atoms with Gasteiger partial charge < -0.3 is 0 Å². The zero-order valence-electron chi connectivity index (χ0n) is 12.4. The highest BCUT2D eigenvalue weighted by Gasteiger charge is 2.44. The first kappa shape index (κ1) is 18.4. The second-order valence-corrected chi connectivity index (χ2v) is 5.91. The lowest BCUT2D eigenvalue weighted by Crippen LogP contribution is -2.16. The Morgan fingerprint density at radius 1 is 1.59 bits per heavy atom. The molecule has 0 aromatic heterocycles. The third-order valence-electron chi connectivity index (χ3n) is 3.12. The maximum Gasteiger partial charge on any atom is 0.270 e. The van der Waals surface area contributed by atoms with E-state index in [0.717, 1.165) is 31.0 Å². The van der Waals surface area contributed by atoms with Gasteiger partial charge in [0.05, 0.1) is 11.0 Å². The lowest BCUT2D eigenvalue weighted by Gasteiger charge is -2.16. The minimum Gasteiger partial charge on any atom is -0.296 e. The topological polar surface area (TPSA) is 102 Å². The van der Waals surface area contributed by atoms with E-state index in [1.54, 1.807) is 0 Å². The molecule has 1 atom stereocenters. The second kappa shape index (κ2) is 8.08. The Balaban J connectivity index is 0.00000116. The first-order valence-electron chi connectivity index (χ1n) is 6.86. The maximum atomic E-state index is 13.8. The molecule has 22 heavy (non-hydrogen) atoms. The Labute approximate surface area is 132 Å². The molecule has 0 saturated heterocycles. The molecule has 0 radical (unpaired) electrons. The Kier molecular flexibility index (Phi) is 6.74. The fourth-order valence-electron chi connectivity index (χ4n) is 1.73. The van der Waals surface area contributed by atoms with E-state index in [2.05, 4.69) is 6.07 Å². The minimum absolute atomic E-state index is 0.0305. The first-order valence-corrected chi connectivity index (χ1v) is 7.84. The zero-order chi connectivity index (χ0) is 16.8. The quantitative estimate of drug-likeness (QED) is 0.634. The number of nitrogens with zero attached hydrogens (tertiary/aromatic N) is 2. The number of non-ortho nitro benzene ring substituents is 1. The highest BCUT2D eigenvalue weighted by Crippen LogP contribution is 2.49. The van der Waals surface area contributed by atoms with Gasteiger partial charge in [-0.25, -0.2) is 10.3 Å². The summed E-state index contributed by atoms with van der Waals surface area (Å²) in [6.45, 7) is 4.00. The van der Waals surface area contributed by atoms with Gasteiger partial charge in [0.2, 0.25) is 0 Å². The number of hydrogen-bond donors (Lipinski definition) is 1. The van der Waals surface area contributed by atoms with Gasteiger partial charge in [-0.2, -0.15) is 5.26 Å². The molecule has 0 bridgehead atoms. The van der Waals surface area contributed by atoms with Crippen LogP contribution in [0.4, 0.5) is 10.1 Å². The number of thioether (sulfide) groups is 1. The highest BCUT2D eigenvalue weighted by molar-refractivity contribution is 8.01. The Morgan fingerprint density at radius 2 is 2.23 bits per heavy atom. The summed E-state index contributed by atoms with van der Waals surface area (Å²) in [5, 5.41) is 19.7. The van der Waals surface area contributed by atoms with Crippen LogP contribution in [-0.4, -0.2) is 15.4 Å². The molecule has 8 heteroatoms. The van der Waals surface area contributed by atoms with Gasteiger partial charge in [-0.1, -0.05) is 13.8 Å². The number of nitrogens with two attached hydrogens (primary N) is 1. The number of benzene rings is 1. The number of nitriles is 1. The van der Waals surface area contributed by atoms with Crippen molar-refractivity contribution in [2.75, 3.05) is 5.75 Å². The van der Waals surface area contributed by atoms with Crippen LogP contribution in [0, 0.1) is 27.3 Å². The molecule has 0 heterocycles. The molecule has 1 saturated carbocycles. The monoisotopic (exact) mass is 327 g/mol. The van der Waals surface area contributed by atoms with Gasteiger partial charge >= 0.3 is 0 Å². The SMILES string of the molecule is CC.N#CC1(SCC(ON)c2cc([N+](=O)[O-])ccc2F)CC1. The lowest BCUT2D eigenvalue weighted by atomic mass is 10.1. The third kappa shape index (κ3) is 4.40. The summed E-state index contributed by atoms with van der Waals surface area (Å²) < 4.78 is 13.3. The van der Waals surface area contributed by atoms with Gasteiger partial charge in [0.25, 0.3) is 5.69 Å². The molecule has 1 aromatic carbocycles. The fraction of sp³-hybridized carbons (Fsp3) is 0.500. The van der Waals surface area contributed by atoms with Gasteiger partial charge in [-0.05, 0) is 18.9 Å². The molecule has 1 fully saturated rings. The summed E-state index contributed by atoms with van der Waals surface area (Å²) in [7, 11) is 0. The van der Waals surface area contributed by atoms with Crippen LogP contribution in [0.25, 0.3) is 0 Å². The summed E-state index contributed by atoms with van der Waals surface area (Å²) in [6.07, 6.45) is 0.733. The third-order valence-corrected chi connectivity index (χ3v) is 4.64. The Hall–Kier alpha value is -1.69. The predicted molar refractivity (Wildman–Crippen MR) is 82.5 cm³/mol. The van der Waals surface area contributed by atoms with E-state index in [9.17, 15) is 14.5 Å². The van der Waals surface area contributed by atoms with Crippen molar-refractivity contribution in [3.8, 4) is 6.07 Å². The molecule has 0 spiro atoms. The van der Waals surface area contributed by atoms with Crippen molar-refractivity contribution < 1.29 is 14.2 Å². The van der Waals surface area contributed by atoms with Crippen LogP contribution in [0.15, 0.2) is 18.2 Å². The predicted octanol–water partition coefficient (Wildman–Crippen LogP) is 3.48. The van der Waals surface area contributed by atoms with Gasteiger partial charge in [0, 0.05) is 23.4 Å². The number of nitro benzene ring substituents is 1. The van der Waals surface area contributed by atoms with Crippen LogP contribution in [0.5, 0.6) is 0 Å². The van der Waals surface area contributed by atoms with Crippen LogP contribution < -0.4 is 5.90 Å². The number of nitro groups is 1. The average molecular weight is 327 g/mol. The molecular formula is C14H18FN3O3S. The molecule has 6 nitrogen and oxygen atoms in total. The summed E-state index contributed by atoms with van der Waals surface area (Å²) in [4.78, 5) is 14.8. The minimum atomic E-state index is -0.828. The molecular weight excluding hydrogens is 309 g/mol. The van der Waals surface area contributed by atoms with Crippen LogP contribution in [0.3, 0.4) is 0 Å².